The van der Waals surface area contributed by atoms with E-state index in [0.717, 1.165) is 11.5 Å². The van der Waals surface area contributed by atoms with Gasteiger partial charge in [-0.15, -0.1) is 0 Å². The molecule has 1 heteroatoms. The molecule has 1 aliphatic rings. The van der Waals surface area contributed by atoms with Crippen molar-refractivity contribution < 1.29 is 0 Å². The fourth-order valence-corrected chi connectivity index (χ4v) is 2.98. The molecule has 0 radical (unpaired) electrons. The third kappa shape index (κ3) is 2.24. The number of hydrogen-bond donors (Lipinski definition) is 1. The smallest absolute Gasteiger partial charge is 0.0314 e. The quantitative estimate of drug-likeness (QED) is 0.841. The van der Waals surface area contributed by atoms with Crippen LogP contribution in [0.3, 0.4) is 0 Å². The van der Waals surface area contributed by atoms with Gasteiger partial charge < -0.3 is 5.73 Å². The summed E-state index contributed by atoms with van der Waals surface area (Å²) in [5.41, 5.74) is 12.9. The molecule has 0 heterocycles. The fourth-order valence-electron chi connectivity index (χ4n) is 2.98. The normalized spacial score (nSPS) is 14.8. The summed E-state index contributed by atoms with van der Waals surface area (Å²) < 4.78 is 0. The molecule has 0 aliphatic heterocycles. The zero-order valence-corrected chi connectivity index (χ0v) is 12.0. The summed E-state index contributed by atoms with van der Waals surface area (Å²) in [6.07, 6.45) is 4.02. The summed E-state index contributed by atoms with van der Waals surface area (Å²) in [6, 6.07) is 15.2. The first-order valence-electron chi connectivity index (χ1n) is 7.31. The lowest BCUT2D eigenvalue weighted by molar-refractivity contribution is 0.420. The summed E-state index contributed by atoms with van der Waals surface area (Å²) in [5, 5.41) is 0. The van der Waals surface area contributed by atoms with E-state index in [4.69, 9.17) is 5.73 Å². The van der Waals surface area contributed by atoms with Crippen molar-refractivity contribution in [3.8, 4) is 11.1 Å². The van der Waals surface area contributed by atoms with E-state index in [1.807, 2.05) is 0 Å². The van der Waals surface area contributed by atoms with Gasteiger partial charge in [0, 0.05) is 5.70 Å². The molecule has 1 fully saturated rings. The largest absolute Gasteiger partial charge is 0.399 e. The van der Waals surface area contributed by atoms with Crippen LogP contribution in [-0.2, 0) is 0 Å². The lowest BCUT2D eigenvalue weighted by atomic mass is 9.77. The van der Waals surface area contributed by atoms with Crippen molar-refractivity contribution in [2.24, 2.45) is 5.73 Å². The van der Waals surface area contributed by atoms with Gasteiger partial charge in [0.2, 0.25) is 0 Å². The van der Waals surface area contributed by atoms with Gasteiger partial charge >= 0.3 is 0 Å². The van der Waals surface area contributed by atoms with Crippen molar-refractivity contribution in [3.05, 3.63) is 65.7 Å². The first-order valence-corrected chi connectivity index (χ1v) is 7.31. The van der Waals surface area contributed by atoms with Crippen molar-refractivity contribution >= 4 is 5.70 Å². The molecule has 102 valence electrons. The molecule has 0 bridgehead atoms. The Labute approximate surface area is 121 Å². The van der Waals surface area contributed by atoms with E-state index in [1.54, 1.807) is 0 Å². The Kier molecular flexibility index (Phi) is 3.35. The highest BCUT2D eigenvalue weighted by Crippen LogP contribution is 2.41. The van der Waals surface area contributed by atoms with Gasteiger partial charge in [-0.1, -0.05) is 49.4 Å². The maximum absolute atomic E-state index is 5.79. The Morgan fingerprint density at radius 2 is 1.85 bits per heavy atom. The molecule has 0 spiro atoms. The van der Waals surface area contributed by atoms with Crippen LogP contribution in [0.1, 0.15) is 41.9 Å². The number of benzene rings is 2. The minimum Gasteiger partial charge on any atom is -0.399 e. The molecule has 20 heavy (non-hydrogen) atoms. The van der Waals surface area contributed by atoms with Crippen molar-refractivity contribution in [2.45, 2.75) is 32.1 Å². The molecule has 2 N–H and O–H groups in total. The zero-order chi connectivity index (χ0) is 14.1. The lowest BCUT2D eigenvalue weighted by Gasteiger charge is -2.28. The van der Waals surface area contributed by atoms with E-state index in [2.05, 4.69) is 56.0 Å². The third-order valence-corrected chi connectivity index (χ3v) is 4.39. The summed E-state index contributed by atoms with van der Waals surface area (Å²) in [5.74, 6) is 0.745. The van der Waals surface area contributed by atoms with Gasteiger partial charge in [-0.05, 0) is 59.6 Å². The fraction of sp³-hybridized carbons (Fsp3) is 0.263. The first kappa shape index (κ1) is 13.0. The third-order valence-electron chi connectivity index (χ3n) is 4.39. The lowest BCUT2D eigenvalue weighted by Crippen LogP contribution is -2.10. The highest BCUT2D eigenvalue weighted by atomic mass is 14.6. The van der Waals surface area contributed by atoms with E-state index in [0.29, 0.717) is 5.70 Å². The van der Waals surface area contributed by atoms with Crippen LogP contribution in [0.5, 0.6) is 0 Å². The summed E-state index contributed by atoms with van der Waals surface area (Å²) in [7, 11) is 0. The van der Waals surface area contributed by atoms with Crippen LogP contribution in [0.2, 0.25) is 0 Å². The van der Waals surface area contributed by atoms with Crippen molar-refractivity contribution in [3.63, 3.8) is 0 Å². The highest BCUT2D eigenvalue weighted by Gasteiger charge is 2.22. The molecule has 0 unspecified atom stereocenters. The molecule has 1 nitrogen and oxygen atoms in total. The molecule has 3 rings (SSSR count). The number of hydrogen-bond acceptors (Lipinski definition) is 1. The molecule has 0 amide bonds. The Morgan fingerprint density at radius 3 is 2.45 bits per heavy atom. The maximum Gasteiger partial charge on any atom is 0.0314 e. The van der Waals surface area contributed by atoms with Crippen molar-refractivity contribution in [1.29, 1.82) is 0 Å². The molecular formula is C19H21N. The number of rotatable bonds is 3. The SMILES string of the molecule is C=C(N)c1ccc(-c2ccccc2C2CCC2)c(C)c1. The maximum atomic E-state index is 5.79. The monoisotopic (exact) mass is 263 g/mol. The summed E-state index contributed by atoms with van der Waals surface area (Å²) >= 11 is 0. The second kappa shape index (κ2) is 5.16. The van der Waals surface area contributed by atoms with Crippen LogP contribution in [0.25, 0.3) is 16.8 Å². The van der Waals surface area contributed by atoms with Gasteiger partial charge in [-0.2, -0.15) is 0 Å². The van der Waals surface area contributed by atoms with E-state index in [-0.39, 0.29) is 0 Å². The molecule has 0 saturated heterocycles. The van der Waals surface area contributed by atoms with Gasteiger partial charge in [0.15, 0.2) is 0 Å². The topological polar surface area (TPSA) is 26.0 Å². The van der Waals surface area contributed by atoms with Crippen LogP contribution >= 0.6 is 0 Å². The molecule has 0 aromatic heterocycles. The standard InChI is InChI=1S/C19H21N/c1-13-12-16(14(2)20)10-11-17(13)19-9-4-3-8-18(19)15-6-5-7-15/h3-4,8-12,15H,2,5-7,20H2,1H3. The molecule has 0 atom stereocenters. The number of aryl methyl sites for hydroxylation is 1. The van der Waals surface area contributed by atoms with Gasteiger partial charge in [-0.25, -0.2) is 0 Å². The van der Waals surface area contributed by atoms with Crippen LogP contribution in [-0.4, -0.2) is 0 Å². The van der Waals surface area contributed by atoms with E-state index in [9.17, 15) is 0 Å². The summed E-state index contributed by atoms with van der Waals surface area (Å²) in [6.45, 7) is 5.97. The Morgan fingerprint density at radius 1 is 1.10 bits per heavy atom. The predicted molar refractivity (Wildman–Crippen MR) is 86.4 cm³/mol. The van der Waals surface area contributed by atoms with Gasteiger partial charge in [0.05, 0.1) is 0 Å². The number of nitrogens with two attached hydrogens (primary N) is 1. The van der Waals surface area contributed by atoms with Crippen molar-refractivity contribution in [2.75, 3.05) is 0 Å². The average Bonchev–Trinajstić information content (AvgIpc) is 2.37. The highest BCUT2D eigenvalue weighted by molar-refractivity contribution is 5.74. The van der Waals surface area contributed by atoms with E-state index < -0.39 is 0 Å². The van der Waals surface area contributed by atoms with Gasteiger partial charge in [0.25, 0.3) is 0 Å². The molecular weight excluding hydrogens is 242 g/mol. The van der Waals surface area contributed by atoms with E-state index in [1.165, 1.54) is 41.5 Å². The molecule has 1 saturated carbocycles. The molecule has 1 aliphatic carbocycles. The van der Waals surface area contributed by atoms with Crippen LogP contribution in [0, 0.1) is 6.92 Å². The minimum atomic E-state index is 0.631. The average molecular weight is 263 g/mol. The molecule has 2 aromatic carbocycles. The zero-order valence-electron chi connectivity index (χ0n) is 12.0. The Hall–Kier alpha value is -2.02. The van der Waals surface area contributed by atoms with Crippen LogP contribution in [0.15, 0.2) is 49.0 Å². The van der Waals surface area contributed by atoms with Crippen LogP contribution in [0.4, 0.5) is 0 Å². The predicted octanol–water partition coefficient (Wildman–Crippen LogP) is 4.86. The second-order valence-corrected chi connectivity index (χ2v) is 5.77. The van der Waals surface area contributed by atoms with Gasteiger partial charge in [-0.3, -0.25) is 0 Å². The first-order chi connectivity index (χ1) is 9.66. The van der Waals surface area contributed by atoms with Crippen molar-refractivity contribution in [1.82, 2.24) is 0 Å². The van der Waals surface area contributed by atoms with Gasteiger partial charge in [0.1, 0.15) is 0 Å². The minimum absolute atomic E-state index is 0.631. The Balaban J connectivity index is 2.07. The van der Waals surface area contributed by atoms with Crippen LogP contribution < -0.4 is 5.73 Å². The molecule has 2 aromatic rings. The van der Waals surface area contributed by atoms with E-state index >= 15 is 0 Å². The second-order valence-electron chi connectivity index (χ2n) is 5.77. The summed E-state index contributed by atoms with van der Waals surface area (Å²) in [4.78, 5) is 0. The Bertz CT molecular complexity index is 651.